The van der Waals surface area contributed by atoms with Gasteiger partial charge in [-0.25, -0.2) is 4.39 Å². The highest BCUT2D eigenvalue weighted by Crippen LogP contribution is 2.55. The minimum Gasteiger partial charge on any atom is -0.490 e. The molecule has 0 radical (unpaired) electrons. The van der Waals surface area contributed by atoms with Crippen molar-refractivity contribution in [2.75, 3.05) is 13.2 Å². The van der Waals surface area contributed by atoms with Crippen molar-refractivity contribution in [3.8, 4) is 11.5 Å². The quantitative estimate of drug-likeness (QED) is 0.280. The molecule has 2 aromatic rings. The molecule has 0 bridgehead atoms. The number of halogens is 1. The number of ketones is 2. The van der Waals surface area contributed by atoms with Crippen LogP contribution in [0.4, 0.5) is 4.39 Å². The molecule has 0 amide bonds. The highest BCUT2D eigenvalue weighted by atomic mass is 19.1. The van der Waals surface area contributed by atoms with Gasteiger partial charge in [-0.05, 0) is 66.3 Å². The monoisotopic (exact) mass is 615 g/mol. The van der Waals surface area contributed by atoms with Gasteiger partial charge in [0.05, 0.1) is 6.61 Å². The SMILES string of the molecule is C=CCc1cc(C2C3=C(CC(C)(C)CC3=O)N(CC(=O)O)C3=C2C(=O)CC(C)(C)C3)cc(OCC)c1OCc1cccc(F)c1. The Labute approximate surface area is 264 Å². The Kier molecular flexibility index (Phi) is 8.80. The summed E-state index contributed by atoms with van der Waals surface area (Å²) >= 11 is 0. The number of rotatable bonds is 10. The van der Waals surface area contributed by atoms with E-state index < -0.39 is 11.9 Å². The second-order valence-electron chi connectivity index (χ2n) is 13.9. The molecule has 8 heteroatoms. The predicted molar refractivity (Wildman–Crippen MR) is 169 cm³/mol. The van der Waals surface area contributed by atoms with Crippen LogP contribution < -0.4 is 9.47 Å². The van der Waals surface area contributed by atoms with Crippen molar-refractivity contribution in [3.63, 3.8) is 0 Å². The minimum atomic E-state index is -1.02. The maximum absolute atomic E-state index is 14.1. The first kappa shape index (κ1) is 32.2. The van der Waals surface area contributed by atoms with Gasteiger partial charge < -0.3 is 19.5 Å². The molecule has 1 heterocycles. The molecule has 2 aliphatic carbocycles. The van der Waals surface area contributed by atoms with Crippen molar-refractivity contribution < 1.29 is 33.4 Å². The molecule has 0 aromatic heterocycles. The van der Waals surface area contributed by atoms with Gasteiger partial charge in [0.15, 0.2) is 23.1 Å². The number of nitrogens with zero attached hydrogens (tertiary/aromatic N) is 1. The molecular weight excluding hydrogens is 573 g/mol. The van der Waals surface area contributed by atoms with Crippen LogP contribution in [0.25, 0.3) is 0 Å². The molecule has 45 heavy (non-hydrogen) atoms. The molecule has 0 spiro atoms. The van der Waals surface area contributed by atoms with E-state index in [0.29, 0.717) is 71.0 Å². The van der Waals surface area contributed by atoms with E-state index in [4.69, 9.17) is 9.47 Å². The number of ether oxygens (including phenoxy) is 2. The Morgan fingerprint density at radius 3 is 2.16 bits per heavy atom. The predicted octanol–water partition coefficient (Wildman–Crippen LogP) is 7.30. The van der Waals surface area contributed by atoms with E-state index >= 15 is 0 Å². The van der Waals surface area contributed by atoms with E-state index in [-0.39, 0.29) is 54.2 Å². The molecule has 1 N–H and O–H groups in total. The van der Waals surface area contributed by atoms with Crippen molar-refractivity contribution in [2.24, 2.45) is 10.8 Å². The highest BCUT2D eigenvalue weighted by molar-refractivity contribution is 6.07. The summed E-state index contributed by atoms with van der Waals surface area (Å²) in [6, 6.07) is 9.98. The average molecular weight is 616 g/mol. The number of allylic oxidation sites excluding steroid dienone is 5. The molecule has 7 nitrogen and oxygen atoms in total. The summed E-state index contributed by atoms with van der Waals surface area (Å²) in [6.45, 7) is 14.0. The van der Waals surface area contributed by atoms with E-state index in [1.165, 1.54) is 12.1 Å². The summed E-state index contributed by atoms with van der Waals surface area (Å²) in [5.41, 5.74) is 3.73. The topological polar surface area (TPSA) is 93.1 Å². The number of carboxylic acids is 1. The summed E-state index contributed by atoms with van der Waals surface area (Å²) in [7, 11) is 0. The van der Waals surface area contributed by atoms with Crippen LogP contribution in [0.2, 0.25) is 0 Å². The fourth-order valence-corrected chi connectivity index (χ4v) is 7.07. The van der Waals surface area contributed by atoms with E-state index in [1.54, 1.807) is 23.1 Å². The molecule has 0 fully saturated rings. The Bertz CT molecular complexity index is 1580. The summed E-state index contributed by atoms with van der Waals surface area (Å²) < 4.78 is 26.3. The summed E-state index contributed by atoms with van der Waals surface area (Å²) in [5, 5.41) is 9.97. The smallest absolute Gasteiger partial charge is 0.323 e. The lowest BCUT2D eigenvalue weighted by Gasteiger charge is -2.48. The Morgan fingerprint density at radius 2 is 1.62 bits per heavy atom. The zero-order valence-corrected chi connectivity index (χ0v) is 26.8. The molecular formula is C37H42FNO6. The average Bonchev–Trinajstić information content (AvgIpc) is 2.92. The molecule has 5 rings (SSSR count). The standard InChI is InChI=1S/C37H42FNO6/c1-7-10-23-14-24(15-30(44-8-2)35(23)45-21-22-11-9-12-25(38)13-22)32-33-26(16-36(3,4)18-28(33)40)39(20-31(42)43)27-17-37(5,6)19-29(41)34(27)32/h7,9,11-15,32H,1,8,10,16-21H2,2-6H3,(H,42,43). The number of hydrogen-bond acceptors (Lipinski definition) is 6. The summed E-state index contributed by atoms with van der Waals surface area (Å²) in [4.78, 5) is 42.1. The molecule has 238 valence electrons. The van der Waals surface area contributed by atoms with Gasteiger partial charge in [0.25, 0.3) is 0 Å². The Balaban J connectivity index is 1.73. The van der Waals surface area contributed by atoms with Crippen molar-refractivity contribution in [1.29, 1.82) is 0 Å². The van der Waals surface area contributed by atoms with Gasteiger partial charge in [0, 0.05) is 46.9 Å². The third kappa shape index (κ3) is 6.60. The zero-order valence-electron chi connectivity index (χ0n) is 26.8. The molecule has 0 saturated carbocycles. The first-order valence-electron chi connectivity index (χ1n) is 15.5. The molecule has 0 unspecified atom stereocenters. The molecule has 3 aliphatic rings. The Morgan fingerprint density at radius 1 is 1.00 bits per heavy atom. The fraction of sp³-hybridized carbons (Fsp3) is 0.432. The van der Waals surface area contributed by atoms with Crippen molar-refractivity contribution >= 4 is 17.5 Å². The van der Waals surface area contributed by atoms with Gasteiger partial charge in [0.1, 0.15) is 19.0 Å². The second-order valence-corrected chi connectivity index (χ2v) is 13.9. The second kappa shape index (κ2) is 12.3. The number of Topliss-reactive ketones (excluding diaryl/α,β-unsaturated/α-hetero) is 2. The van der Waals surface area contributed by atoms with Crippen LogP contribution in [0.1, 0.15) is 82.9 Å². The van der Waals surface area contributed by atoms with Crippen LogP contribution in [0.5, 0.6) is 11.5 Å². The van der Waals surface area contributed by atoms with Gasteiger partial charge in [0.2, 0.25) is 0 Å². The number of carbonyl (C=O) groups is 3. The zero-order chi connectivity index (χ0) is 32.7. The van der Waals surface area contributed by atoms with Gasteiger partial charge >= 0.3 is 5.97 Å². The maximum atomic E-state index is 14.1. The lowest BCUT2D eigenvalue weighted by molar-refractivity contribution is -0.138. The maximum Gasteiger partial charge on any atom is 0.323 e. The van der Waals surface area contributed by atoms with Crippen molar-refractivity contribution in [1.82, 2.24) is 4.90 Å². The van der Waals surface area contributed by atoms with E-state index in [1.807, 2.05) is 46.8 Å². The van der Waals surface area contributed by atoms with Crippen LogP contribution in [-0.2, 0) is 27.4 Å². The van der Waals surface area contributed by atoms with Crippen LogP contribution in [-0.4, -0.2) is 40.7 Å². The largest absolute Gasteiger partial charge is 0.490 e. The van der Waals surface area contributed by atoms with Crippen molar-refractivity contribution in [3.05, 3.63) is 94.1 Å². The van der Waals surface area contributed by atoms with Gasteiger partial charge in [-0.1, -0.05) is 52.0 Å². The number of carbonyl (C=O) groups excluding carboxylic acids is 2. The van der Waals surface area contributed by atoms with Gasteiger partial charge in [-0.2, -0.15) is 0 Å². The van der Waals surface area contributed by atoms with Crippen LogP contribution in [0.3, 0.4) is 0 Å². The fourth-order valence-electron chi connectivity index (χ4n) is 7.07. The molecule has 0 saturated heterocycles. The normalized spacial score (nSPS) is 19.3. The van der Waals surface area contributed by atoms with E-state index in [0.717, 1.165) is 5.56 Å². The third-order valence-electron chi connectivity index (χ3n) is 8.74. The first-order valence-corrected chi connectivity index (χ1v) is 15.5. The third-order valence-corrected chi connectivity index (χ3v) is 8.74. The lowest BCUT2D eigenvalue weighted by atomic mass is 9.63. The number of aliphatic carboxylic acids is 1. The van der Waals surface area contributed by atoms with E-state index in [9.17, 15) is 23.9 Å². The molecule has 1 aliphatic heterocycles. The summed E-state index contributed by atoms with van der Waals surface area (Å²) in [6.07, 6.45) is 3.77. The number of carboxylic acid groups (broad SMARTS) is 1. The van der Waals surface area contributed by atoms with Crippen LogP contribution in [0.15, 0.2) is 71.6 Å². The first-order chi connectivity index (χ1) is 21.2. The number of benzene rings is 2. The van der Waals surface area contributed by atoms with Gasteiger partial charge in [-0.3, -0.25) is 14.4 Å². The summed E-state index contributed by atoms with van der Waals surface area (Å²) in [5.74, 6) is -1.28. The van der Waals surface area contributed by atoms with Gasteiger partial charge in [-0.15, -0.1) is 6.58 Å². The van der Waals surface area contributed by atoms with E-state index in [2.05, 4.69) is 6.58 Å². The van der Waals surface area contributed by atoms with Crippen LogP contribution in [0, 0.1) is 16.6 Å². The highest BCUT2D eigenvalue weighted by Gasteiger charge is 2.49. The lowest BCUT2D eigenvalue weighted by Crippen LogP contribution is -2.45. The minimum absolute atomic E-state index is 0.0829. The van der Waals surface area contributed by atoms with Crippen LogP contribution >= 0.6 is 0 Å². The Hall–Kier alpha value is -4.20. The molecule has 2 aromatic carbocycles. The number of hydrogen-bond donors (Lipinski definition) is 1. The van der Waals surface area contributed by atoms with Crippen molar-refractivity contribution in [2.45, 2.75) is 79.2 Å². The molecule has 0 atom stereocenters.